The molecule has 0 atom stereocenters. The molecule has 0 aliphatic carbocycles. The van der Waals surface area contributed by atoms with E-state index in [0.29, 0.717) is 13.0 Å². The number of amides is 1. The van der Waals surface area contributed by atoms with Gasteiger partial charge in [-0.1, -0.05) is 102 Å². The number of nitrogens with zero attached hydrogens (tertiary/aromatic N) is 1. The highest BCUT2D eigenvalue weighted by atomic mass is 16.3. The first-order chi connectivity index (χ1) is 12.7. The third kappa shape index (κ3) is 27.9. The lowest BCUT2D eigenvalue weighted by molar-refractivity contribution is -0.121. The summed E-state index contributed by atoms with van der Waals surface area (Å²) in [5.74, 6) is 0.218. The molecule has 0 aromatic heterocycles. The van der Waals surface area contributed by atoms with Gasteiger partial charge in [0.2, 0.25) is 5.91 Å². The zero-order valence-corrected chi connectivity index (χ0v) is 18.0. The summed E-state index contributed by atoms with van der Waals surface area (Å²) in [6.45, 7) is 7.52. The number of hydrogen-bond acceptors (Lipinski definition) is 3. The van der Waals surface area contributed by atoms with Crippen molar-refractivity contribution in [2.75, 3.05) is 13.1 Å². The summed E-state index contributed by atoms with van der Waals surface area (Å²) >= 11 is 0. The smallest absolute Gasteiger partial charge is 0.219 e. The molecule has 0 aromatic carbocycles. The van der Waals surface area contributed by atoms with Crippen LogP contribution >= 0.6 is 0 Å². The van der Waals surface area contributed by atoms with Crippen molar-refractivity contribution in [3.05, 3.63) is 4.91 Å². The van der Waals surface area contributed by atoms with E-state index in [0.717, 1.165) is 25.8 Å². The van der Waals surface area contributed by atoms with Crippen LogP contribution in [0.1, 0.15) is 124 Å². The van der Waals surface area contributed by atoms with Crippen LogP contribution in [-0.2, 0) is 4.79 Å². The van der Waals surface area contributed by atoms with Gasteiger partial charge in [-0.05, 0) is 19.8 Å². The third-order valence-electron chi connectivity index (χ3n) is 4.48. The summed E-state index contributed by atoms with van der Waals surface area (Å²) < 4.78 is 0. The van der Waals surface area contributed by atoms with Crippen LogP contribution in [0.15, 0.2) is 5.18 Å². The average molecular weight is 371 g/mol. The van der Waals surface area contributed by atoms with E-state index in [2.05, 4.69) is 17.4 Å². The fourth-order valence-electron chi connectivity index (χ4n) is 2.81. The van der Waals surface area contributed by atoms with Crippen molar-refractivity contribution in [1.29, 1.82) is 0 Å². The third-order valence-corrected chi connectivity index (χ3v) is 4.48. The minimum Gasteiger partial charge on any atom is -0.356 e. The van der Waals surface area contributed by atoms with E-state index in [9.17, 15) is 9.70 Å². The molecule has 4 nitrogen and oxygen atoms in total. The normalized spacial score (nSPS) is 10.1. The molecule has 0 unspecified atom stereocenters. The molecule has 4 heteroatoms. The molecule has 0 aliphatic rings. The van der Waals surface area contributed by atoms with E-state index < -0.39 is 0 Å². The zero-order chi connectivity index (χ0) is 19.7. The maximum absolute atomic E-state index is 11.2. The van der Waals surface area contributed by atoms with Crippen molar-refractivity contribution in [2.24, 2.45) is 5.18 Å². The Bertz CT molecular complexity index is 283. The Balaban J connectivity index is 0. The number of hydrogen-bond donors (Lipinski definition) is 1. The van der Waals surface area contributed by atoms with Crippen LogP contribution in [0.25, 0.3) is 0 Å². The van der Waals surface area contributed by atoms with E-state index >= 15 is 0 Å². The van der Waals surface area contributed by atoms with E-state index in [-0.39, 0.29) is 5.91 Å². The largest absolute Gasteiger partial charge is 0.356 e. The van der Waals surface area contributed by atoms with Crippen LogP contribution in [0, 0.1) is 4.91 Å². The summed E-state index contributed by atoms with van der Waals surface area (Å²) in [5, 5.41) is 5.53. The lowest BCUT2D eigenvalue weighted by Gasteiger charge is -2.03. The van der Waals surface area contributed by atoms with Gasteiger partial charge < -0.3 is 5.32 Å². The van der Waals surface area contributed by atoms with Crippen molar-refractivity contribution < 1.29 is 4.79 Å². The Hall–Kier alpha value is -0.930. The summed E-state index contributed by atoms with van der Waals surface area (Å²) in [6, 6.07) is 0. The van der Waals surface area contributed by atoms with Gasteiger partial charge in [0.05, 0.1) is 6.54 Å². The van der Waals surface area contributed by atoms with Gasteiger partial charge in [-0.2, -0.15) is 4.91 Å². The minimum atomic E-state index is 0.218. The Morgan fingerprint density at radius 1 is 0.654 bits per heavy atom. The molecule has 0 rings (SSSR count). The monoisotopic (exact) mass is 370 g/mol. The van der Waals surface area contributed by atoms with Crippen molar-refractivity contribution >= 4 is 5.91 Å². The molecule has 0 heterocycles. The van der Waals surface area contributed by atoms with Crippen LogP contribution in [0.3, 0.4) is 0 Å². The van der Waals surface area contributed by atoms with Crippen molar-refractivity contribution in [3.63, 3.8) is 0 Å². The van der Waals surface area contributed by atoms with Crippen LogP contribution in [-0.4, -0.2) is 19.0 Å². The second kappa shape index (κ2) is 26.3. The molecule has 1 N–H and O–H groups in total. The van der Waals surface area contributed by atoms with Crippen LogP contribution in [0.5, 0.6) is 0 Å². The molecular formula is C22H46N2O2. The number of nitrogens with one attached hydrogen (secondary N) is 1. The molecule has 1 amide bonds. The predicted octanol–water partition coefficient (Wildman–Crippen LogP) is 7.16. The standard InChI is InChI=1S/C18H37NO.C4H9NO/c1-3-5-6-7-8-9-10-11-12-13-14-15-16-17-18(20)19-4-2;1-2-3-4-5-6/h3-17H2,1-2H3,(H,19,20);2-4H2,1H3. The zero-order valence-electron chi connectivity index (χ0n) is 18.0. The number of nitroso groups, excluding NO2 is 1. The fourth-order valence-corrected chi connectivity index (χ4v) is 2.81. The van der Waals surface area contributed by atoms with Gasteiger partial charge in [-0.15, -0.1) is 0 Å². The Morgan fingerprint density at radius 3 is 1.42 bits per heavy atom. The van der Waals surface area contributed by atoms with Gasteiger partial charge in [0, 0.05) is 13.0 Å². The Morgan fingerprint density at radius 2 is 1.08 bits per heavy atom. The highest BCUT2D eigenvalue weighted by Crippen LogP contribution is 2.12. The van der Waals surface area contributed by atoms with Gasteiger partial charge >= 0.3 is 0 Å². The molecule has 0 bridgehead atoms. The lowest BCUT2D eigenvalue weighted by atomic mass is 10.0. The first-order valence-electron chi connectivity index (χ1n) is 11.3. The summed E-state index contributed by atoms with van der Waals surface area (Å²) in [6.07, 6.45) is 20.4. The number of unbranched alkanes of at least 4 members (excludes halogenated alkanes) is 13. The first kappa shape index (κ1) is 27.3. The first-order valence-corrected chi connectivity index (χ1v) is 11.3. The van der Waals surface area contributed by atoms with Crippen molar-refractivity contribution in [2.45, 2.75) is 124 Å². The second-order valence-electron chi connectivity index (χ2n) is 7.15. The fraction of sp³-hybridized carbons (Fsp3) is 0.955. The van der Waals surface area contributed by atoms with Crippen molar-refractivity contribution in [3.8, 4) is 0 Å². The van der Waals surface area contributed by atoms with Crippen LogP contribution in [0.4, 0.5) is 0 Å². The van der Waals surface area contributed by atoms with Crippen LogP contribution < -0.4 is 5.32 Å². The molecular weight excluding hydrogens is 324 g/mol. The van der Waals surface area contributed by atoms with E-state index in [4.69, 9.17) is 0 Å². The highest BCUT2D eigenvalue weighted by Gasteiger charge is 1.98. The Labute approximate surface area is 163 Å². The Kier molecular flexibility index (Phi) is 27.6. The molecule has 26 heavy (non-hydrogen) atoms. The van der Waals surface area contributed by atoms with E-state index in [1.54, 1.807) is 0 Å². The molecule has 0 radical (unpaired) electrons. The molecule has 0 aliphatic heterocycles. The average Bonchev–Trinajstić information content (AvgIpc) is 2.64. The summed E-state index contributed by atoms with van der Waals surface area (Å²) in [5.41, 5.74) is 0. The summed E-state index contributed by atoms with van der Waals surface area (Å²) in [4.78, 5) is 20.5. The van der Waals surface area contributed by atoms with Crippen LogP contribution in [0.2, 0.25) is 0 Å². The van der Waals surface area contributed by atoms with Gasteiger partial charge in [0.1, 0.15) is 0 Å². The molecule has 0 fully saturated rings. The molecule has 0 aromatic rings. The quantitative estimate of drug-likeness (QED) is 0.205. The maximum atomic E-state index is 11.2. The molecule has 156 valence electrons. The predicted molar refractivity (Wildman–Crippen MR) is 115 cm³/mol. The van der Waals surface area contributed by atoms with E-state index in [1.165, 1.54) is 77.0 Å². The van der Waals surface area contributed by atoms with Crippen molar-refractivity contribution in [1.82, 2.24) is 5.32 Å². The van der Waals surface area contributed by atoms with E-state index in [1.807, 2.05) is 13.8 Å². The van der Waals surface area contributed by atoms with Gasteiger partial charge in [0.15, 0.2) is 0 Å². The second-order valence-corrected chi connectivity index (χ2v) is 7.15. The summed E-state index contributed by atoms with van der Waals surface area (Å²) in [7, 11) is 0. The number of carbonyl (C=O) groups excluding carboxylic acids is 1. The van der Waals surface area contributed by atoms with Gasteiger partial charge in [0.25, 0.3) is 0 Å². The topological polar surface area (TPSA) is 58.5 Å². The number of carbonyl (C=O) groups is 1. The number of rotatable bonds is 18. The maximum Gasteiger partial charge on any atom is 0.219 e. The van der Waals surface area contributed by atoms with Gasteiger partial charge in [-0.3, -0.25) is 4.79 Å². The molecule has 0 spiro atoms. The van der Waals surface area contributed by atoms with Gasteiger partial charge in [-0.25, -0.2) is 0 Å². The highest BCUT2D eigenvalue weighted by molar-refractivity contribution is 5.75. The molecule has 0 saturated carbocycles. The lowest BCUT2D eigenvalue weighted by Crippen LogP contribution is -2.21. The minimum absolute atomic E-state index is 0.218. The molecule has 0 saturated heterocycles. The SMILES string of the molecule is CCCCCCCCCCCCCCCC(=O)NCC.CCCCN=O.